The Morgan fingerprint density at radius 3 is 2.53 bits per heavy atom. The Hall–Kier alpha value is -1.94. The molecule has 5 heteroatoms. The highest BCUT2D eigenvalue weighted by Gasteiger charge is 2.09. The topological polar surface area (TPSA) is 41.3 Å². The van der Waals surface area contributed by atoms with E-state index in [1.165, 1.54) is 12.1 Å². The maximum absolute atomic E-state index is 13.3. The number of nitrogens with zero attached hydrogens (tertiary/aromatic N) is 1. The van der Waals surface area contributed by atoms with Crippen molar-refractivity contribution in [3.63, 3.8) is 0 Å². The van der Waals surface area contributed by atoms with Gasteiger partial charge in [0.25, 0.3) is 0 Å². The van der Waals surface area contributed by atoms with Crippen LogP contribution < -0.4 is 16.0 Å². The monoisotopic (exact) mass is 279 g/mol. The van der Waals surface area contributed by atoms with Gasteiger partial charge in [-0.3, -0.25) is 0 Å². The average molecular weight is 280 g/mol. The van der Waals surface area contributed by atoms with Crippen LogP contribution in [0.3, 0.4) is 0 Å². The van der Waals surface area contributed by atoms with E-state index in [2.05, 4.69) is 5.32 Å². The van der Waals surface area contributed by atoms with E-state index < -0.39 is 5.82 Å². The maximum Gasteiger partial charge on any atom is 0.143 e. The van der Waals surface area contributed by atoms with Gasteiger partial charge in [0.05, 0.1) is 27.8 Å². The number of nitrogens with one attached hydrogen (secondary N) is 1. The van der Waals surface area contributed by atoms with Crippen molar-refractivity contribution in [1.82, 2.24) is 0 Å². The van der Waals surface area contributed by atoms with Crippen molar-refractivity contribution in [2.75, 3.05) is 30.0 Å². The van der Waals surface area contributed by atoms with E-state index in [9.17, 15) is 4.39 Å². The molecule has 0 atom stereocenters. The minimum absolute atomic E-state index is 0.0408. The van der Waals surface area contributed by atoms with E-state index >= 15 is 0 Å². The summed E-state index contributed by atoms with van der Waals surface area (Å²) in [5, 5.41) is 3.21. The molecule has 2 aromatic rings. The van der Waals surface area contributed by atoms with Crippen LogP contribution in [0, 0.1) is 5.82 Å². The van der Waals surface area contributed by atoms with Gasteiger partial charge < -0.3 is 16.0 Å². The molecule has 0 saturated carbocycles. The Bertz CT molecular complexity index is 599. The number of halogens is 2. The van der Waals surface area contributed by atoms with Crippen molar-refractivity contribution < 1.29 is 4.39 Å². The summed E-state index contributed by atoms with van der Waals surface area (Å²) < 4.78 is 13.3. The quantitative estimate of drug-likeness (QED) is 0.838. The number of benzene rings is 2. The van der Waals surface area contributed by atoms with Gasteiger partial charge in [0.1, 0.15) is 5.82 Å². The van der Waals surface area contributed by atoms with Gasteiger partial charge >= 0.3 is 0 Å². The predicted octanol–water partition coefficient (Wildman–Crippen LogP) is 3.87. The molecule has 0 fully saturated rings. The largest absolute Gasteiger partial charge is 0.397 e. The van der Waals surface area contributed by atoms with Crippen LogP contribution in [0.4, 0.5) is 27.1 Å². The Balaban J connectivity index is 2.39. The first-order chi connectivity index (χ1) is 8.99. The highest BCUT2D eigenvalue weighted by Crippen LogP contribution is 2.32. The molecule has 0 unspecified atom stereocenters. The first-order valence-electron chi connectivity index (χ1n) is 5.77. The molecule has 0 aliphatic rings. The number of hydrogen-bond donors (Lipinski definition) is 2. The molecule has 0 bridgehead atoms. The smallest absolute Gasteiger partial charge is 0.143 e. The number of nitrogens with two attached hydrogens (primary N) is 1. The molecule has 3 N–H and O–H groups in total. The van der Waals surface area contributed by atoms with Crippen LogP contribution in [0.5, 0.6) is 0 Å². The maximum atomic E-state index is 13.3. The summed E-state index contributed by atoms with van der Waals surface area (Å²) in [4.78, 5) is 1.98. The van der Waals surface area contributed by atoms with Gasteiger partial charge in [-0.2, -0.15) is 0 Å². The molecule has 0 amide bonds. The van der Waals surface area contributed by atoms with E-state index in [1.807, 2.05) is 43.3 Å². The van der Waals surface area contributed by atoms with E-state index in [1.54, 1.807) is 0 Å². The molecular formula is C14H15ClFN3. The van der Waals surface area contributed by atoms with Gasteiger partial charge in [-0.15, -0.1) is 0 Å². The minimum atomic E-state index is -0.523. The summed E-state index contributed by atoms with van der Waals surface area (Å²) in [6.45, 7) is 0. The average Bonchev–Trinajstić information content (AvgIpc) is 2.36. The first kappa shape index (κ1) is 13.5. The lowest BCUT2D eigenvalue weighted by atomic mass is 10.2. The second kappa shape index (κ2) is 5.36. The van der Waals surface area contributed by atoms with Crippen LogP contribution in [0.2, 0.25) is 5.02 Å². The predicted molar refractivity (Wildman–Crippen MR) is 79.9 cm³/mol. The van der Waals surface area contributed by atoms with E-state index in [-0.39, 0.29) is 5.02 Å². The number of rotatable bonds is 3. The van der Waals surface area contributed by atoms with Crippen LogP contribution in [-0.4, -0.2) is 14.1 Å². The molecule has 0 heterocycles. The normalized spacial score (nSPS) is 10.3. The highest BCUT2D eigenvalue weighted by atomic mass is 35.5. The fraction of sp³-hybridized carbons (Fsp3) is 0.143. The van der Waals surface area contributed by atoms with E-state index in [4.69, 9.17) is 17.3 Å². The van der Waals surface area contributed by atoms with Gasteiger partial charge in [0, 0.05) is 20.2 Å². The third-order valence-electron chi connectivity index (χ3n) is 2.75. The summed E-state index contributed by atoms with van der Waals surface area (Å²) in [6.07, 6.45) is 0. The standard InChI is InChI=1S/C14H15ClFN3/c1-19(2)14-6-4-3-5-12(14)18-13-7-9(15)10(16)8-11(13)17/h3-8,18H,17H2,1-2H3. The number of nitrogen functional groups attached to an aromatic ring is 1. The number of anilines is 4. The zero-order valence-electron chi connectivity index (χ0n) is 10.7. The summed E-state index contributed by atoms with van der Waals surface area (Å²) in [5.41, 5.74) is 8.57. The third-order valence-corrected chi connectivity index (χ3v) is 3.04. The molecular weight excluding hydrogens is 265 g/mol. The van der Waals surface area contributed by atoms with Gasteiger partial charge in [-0.25, -0.2) is 4.39 Å². The molecule has 0 aliphatic heterocycles. The molecule has 0 radical (unpaired) electrons. The van der Waals surface area contributed by atoms with Gasteiger partial charge in [-0.1, -0.05) is 23.7 Å². The highest BCUT2D eigenvalue weighted by molar-refractivity contribution is 6.31. The van der Waals surface area contributed by atoms with Crippen molar-refractivity contribution >= 4 is 34.4 Å². The van der Waals surface area contributed by atoms with Crippen molar-refractivity contribution in [3.05, 3.63) is 47.2 Å². The van der Waals surface area contributed by atoms with Crippen LogP contribution in [0.25, 0.3) is 0 Å². The number of hydrogen-bond acceptors (Lipinski definition) is 3. The van der Waals surface area contributed by atoms with Crippen molar-refractivity contribution in [2.24, 2.45) is 0 Å². The summed E-state index contributed by atoms with van der Waals surface area (Å²) in [5.74, 6) is -0.523. The molecule has 0 aromatic heterocycles. The molecule has 0 aliphatic carbocycles. The Morgan fingerprint density at radius 1 is 1.16 bits per heavy atom. The Kier molecular flexibility index (Phi) is 3.81. The van der Waals surface area contributed by atoms with Gasteiger partial charge in [-0.05, 0) is 18.2 Å². The second-order valence-electron chi connectivity index (χ2n) is 4.39. The van der Waals surface area contributed by atoms with Crippen LogP contribution in [0.1, 0.15) is 0 Å². The summed E-state index contributed by atoms with van der Waals surface area (Å²) >= 11 is 5.77. The lowest BCUT2D eigenvalue weighted by Gasteiger charge is -2.19. The van der Waals surface area contributed by atoms with Crippen molar-refractivity contribution in [2.45, 2.75) is 0 Å². The summed E-state index contributed by atoms with van der Waals surface area (Å²) in [7, 11) is 3.89. The van der Waals surface area contributed by atoms with Crippen LogP contribution in [-0.2, 0) is 0 Å². The molecule has 2 aromatic carbocycles. The molecule has 19 heavy (non-hydrogen) atoms. The Labute approximate surface area is 116 Å². The third kappa shape index (κ3) is 2.90. The molecule has 0 spiro atoms. The van der Waals surface area contributed by atoms with Gasteiger partial charge in [0.15, 0.2) is 0 Å². The van der Waals surface area contributed by atoms with E-state index in [0.29, 0.717) is 11.4 Å². The minimum Gasteiger partial charge on any atom is -0.397 e. The van der Waals surface area contributed by atoms with Crippen molar-refractivity contribution in [1.29, 1.82) is 0 Å². The zero-order chi connectivity index (χ0) is 14.0. The molecule has 2 rings (SSSR count). The van der Waals surface area contributed by atoms with Gasteiger partial charge in [0.2, 0.25) is 0 Å². The SMILES string of the molecule is CN(C)c1ccccc1Nc1cc(Cl)c(F)cc1N. The van der Waals surface area contributed by atoms with Crippen molar-refractivity contribution in [3.8, 4) is 0 Å². The zero-order valence-corrected chi connectivity index (χ0v) is 11.5. The van der Waals surface area contributed by atoms with E-state index in [0.717, 1.165) is 11.4 Å². The Morgan fingerprint density at radius 2 is 1.84 bits per heavy atom. The summed E-state index contributed by atoms with van der Waals surface area (Å²) in [6, 6.07) is 10.5. The lowest BCUT2D eigenvalue weighted by Crippen LogP contribution is -2.11. The first-order valence-corrected chi connectivity index (χ1v) is 6.14. The lowest BCUT2D eigenvalue weighted by molar-refractivity contribution is 0.629. The fourth-order valence-corrected chi connectivity index (χ4v) is 1.95. The molecule has 0 saturated heterocycles. The van der Waals surface area contributed by atoms with Crippen LogP contribution in [0.15, 0.2) is 36.4 Å². The second-order valence-corrected chi connectivity index (χ2v) is 4.80. The van der Waals surface area contributed by atoms with Crippen LogP contribution >= 0.6 is 11.6 Å². The fourth-order valence-electron chi connectivity index (χ4n) is 1.78. The molecule has 100 valence electrons. The molecule has 3 nitrogen and oxygen atoms in total. The number of para-hydroxylation sites is 2.